The van der Waals surface area contributed by atoms with Crippen molar-refractivity contribution in [1.82, 2.24) is 20.2 Å². The lowest BCUT2D eigenvalue weighted by Gasteiger charge is -2.36. The molecular formula is C17H27N5O3. The normalized spacial score (nSPS) is 22.1. The highest BCUT2D eigenvalue weighted by Gasteiger charge is 2.30. The van der Waals surface area contributed by atoms with Crippen LogP contribution in [0.1, 0.15) is 18.7 Å². The third-order valence-electron chi connectivity index (χ3n) is 4.72. The van der Waals surface area contributed by atoms with Crippen molar-refractivity contribution in [3.63, 3.8) is 0 Å². The molecule has 2 saturated heterocycles. The number of hydrogen-bond acceptors (Lipinski definition) is 6. The smallest absolute Gasteiger partial charge is 0.317 e. The van der Waals surface area contributed by atoms with Crippen LogP contribution >= 0.6 is 0 Å². The number of aromatic nitrogens is 2. The van der Waals surface area contributed by atoms with E-state index in [0.717, 1.165) is 44.2 Å². The second-order valence-corrected chi connectivity index (χ2v) is 6.50. The van der Waals surface area contributed by atoms with Gasteiger partial charge in [0.1, 0.15) is 11.6 Å². The highest BCUT2D eigenvalue weighted by molar-refractivity contribution is 5.75. The Morgan fingerprint density at radius 1 is 1.44 bits per heavy atom. The van der Waals surface area contributed by atoms with Crippen molar-refractivity contribution in [2.75, 3.05) is 51.4 Å². The lowest BCUT2D eigenvalue weighted by molar-refractivity contribution is 0.0445. The fourth-order valence-electron chi connectivity index (χ4n) is 3.35. The van der Waals surface area contributed by atoms with E-state index in [2.05, 4.69) is 20.2 Å². The molecule has 2 amide bonds. The number of ether oxygens (including phenoxy) is 2. The van der Waals surface area contributed by atoms with Gasteiger partial charge < -0.3 is 24.6 Å². The summed E-state index contributed by atoms with van der Waals surface area (Å²) in [4.78, 5) is 25.2. The van der Waals surface area contributed by atoms with Crippen molar-refractivity contribution < 1.29 is 14.3 Å². The van der Waals surface area contributed by atoms with E-state index in [-0.39, 0.29) is 18.2 Å². The van der Waals surface area contributed by atoms with Gasteiger partial charge in [0, 0.05) is 46.1 Å². The van der Waals surface area contributed by atoms with Gasteiger partial charge in [-0.1, -0.05) is 0 Å². The summed E-state index contributed by atoms with van der Waals surface area (Å²) in [6.07, 6.45) is 3.83. The highest BCUT2D eigenvalue weighted by Crippen LogP contribution is 2.17. The summed E-state index contributed by atoms with van der Waals surface area (Å²) in [5.41, 5.74) is 0. The Balaban J connectivity index is 1.52. The third-order valence-corrected chi connectivity index (χ3v) is 4.72. The van der Waals surface area contributed by atoms with Crippen molar-refractivity contribution >= 4 is 11.8 Å². The second-order valence-electron chi connectivity index (χ2n) is 6.50. The van der Waals surface area contributed by atoms with E-state index < -0.39 is 0 Å². The number of carbonyl (C=O) groups excluding carboxylic acids is 1. The minimum Gasteiger partial charge on any atom is -0.382 e. The van der Waals surface area contributed by atoms with Crippen molar-refractivity contribution in [3.8, 4) is 0 Å². The van der Waals surface area contributed by atoms with Crippen molar-refractivity contribution in [1.29, 1.82) is 0 Å². The first-order valence-electron chi connectivity index (χ1n) is 8.88. The second kappa shape index (κ2) is 8.44. The van der Waals surface area contributed by atoms with E-state index in [1.54, 1.807) is 13.3 Å². The molecule has 8 nitrogen and oxygen atoms in total. The lowest BCUT2D eigenvalue weighted by Crippen LogP contribution is -2.56. The summed E-state index contributed by atoms with van der Waals surface area (Å²) in [5.74, 6) is 1.68. The number of nitrogens with one attached hydrogen (secondary N) is 1. The van der Waals surface area contributed by atoms with E-state index in [4.69, 9.17) is 9.47 Å². The molecule has 0 aliphatic carbocycles. The van der Waals surface area contributed by atoms with E-state index in [0.29, 0.717) is 19.7 Å². The van der Waals surface area contributed by atoms with Crippen LogP contribution in [-0.2, 0) is 9.47 Å². The topological polar surface area (TPSA) is 79.8 Å². The summed E-state index contributed by atoms with van der Waals surface area (Å²) < 4.78 is 11.0. The standard InChI is InChI=1S/C17H27N5O3/c1-13-18-6-5-16(19-13)21-7-9-22(10-8-21)17(23)20-14(12-24-2)15-4-3-11-25-15/h5-6,14-15H,3-4,7-12H2,1-2H3,(H,20,23). The molecule has 0 spiro atoms. The van der Waals surface area contributed by atoms with Crippen LogP contribution in [-0.4, -0.2) is 79.5 Å². The fourth-order valence-corrected chi connectivity index (χ4v) is 3.35. The van der Waals surface area contributed by atoms with Crippen LogP contribution in [0, 0.1) is 6.92 Å². The Morgan fingerprint density at radius 2 is 2.24 bits per heavy atom. The first-order valence-corrected chi connectivity index (χ1v) is 8.88. The first-order chi connectivity index (χ1) is 12.2. The summed E-state index contributed by atoms with van der Waals surface area (Å²) in [6.45, 7) is 5.97. The molecule has 2 unspecified atom stereocenters. The largest absolute Gasteiger partial charge is 0.382 e. The van der Waals surface area contributed by atoms with E-state index >= 15 is 0 Å². The predicted molar refractivity (Wildman–Crippen MR) is 93.7 cm³/mol. The molecule has 138 valence electrons. The van der Waals surface area contributed by atoms with Gasteiger partial charge in [-0.05, 0) is 25.8 Å². The molecule has 0 radical (unpaired) electrons. The number of carbonyl (C=O) groups is 1. The Bertz CT molecular complexity index is 571. The summed E-state index contributed by atoms with van der Waals surface area (Å²) in [5, 5.41) is 3.09. The maximum atomic E-state index is 12.6. The molecule has 3 heterocycles. The first kappa shape index (κ1) is 17.9. The molecule has 0 aromatic carbocycles. The molecular weight excluding hydrogens is 322 g/mol. The minimum absolute atomic E-state index is 0.0453. The Hall–Kier alpha value is -1.93. The number of urea groups is 1. The molecule has 2 aliphatic heterocycles. The van der Waals surface area contributed by atoms with Crippen LogP contribution in [0.2, 0.25) is 0 Å². The SMILES string of the molecule is COCC(NC(=O)N1CCN(c2ccnc(C)n2)CC1)C1CCCO1. The van der Waals surface area contributed by atoms with Gasteiger partial charge in [-0.25, -0.2) is 14.8 Å². The predicted octanol–water partition coefficient (Wildman–Crippen LogP) is 0.811. The highest BCUT2D eigenvalue weighted by atomic mass is 16.5. The van der Waals surface area contributed by atoms with Crippen LogP contribution in [0.5, 0.6) is 0 Å². The minimum atomic E-state index is -0.0949. The maximum absolute atomic E-state index is 12.6. The number of rotatable bonds is 5. The molecule has 3 rings (SSSR count). The van der Waals surface area contributed by atoms with Gasteiger partial charge in [0.2, 0.25) is 0 Å². The zero-order chi connectivity index (χ0) is 17.6. The molecule has 0 bridgehead atoms. The van der Waals surface area contributed by atoms with Crippen molar-refractivity contribution in [2.24, 2.45) is 0 Å². The average Bonchev–Trinajstić information content (AvgIpc) is 3.16. The number of piperazine rings is 1. The van der Waals surface area contributed by atoms with Crippen LogP contribution in [0.15, 0.2) is 12.3 Å². The monoisotopic (exact) mass is 349 g/mol. The molecule has 2 fully saturated rings. The van der Waals surface area contributed by atoms with Crippen LogP contribution in [0.4, 0.5) is 10.6 Å². The molecule has 0 saturated carbocycles. The van der Waals surface area contributed by atoms with Gasteiger partial charge in [-0.15, -0.1) is 0 Å². The number of nitrogens with zero attached hydrogens (tertiary/aromatic N) is 4. The molecule has 1 aromatic heterocycles. The number of anilines is 1. The number of aryl methyl sites for hydroxylation is 1. The van der Waals surface area contributed by atoms with Crippen molar-refractivity contribution in [2.45, 2.75) is 31.9 Å². The Kier molecular flexibility index (Phi) is 6.04. The van der Waals surface area contributed by atoms with E-state index in [9.17, 15) is 4.79 Å². The summed E-state index contributed by atoms with van der Waals surface area (Å²) in [7, 11) is 1.65. The van der Waals surface area contributed by atoms with Gasteiger partial charge in [0.15, 0.2) is 0 Å². The van der Waals surface area contributed by atoms with Gasteiger partial charge in [0.25, 0.3) is 0 Å². The maximum Gasteiger partial charge on any atom is 0.317 e. The fraction of sp³-hybridized carbons (Fsp3) is 0.706. The van der Waals surface area contributed by atoms with Gasteiger partial charge >= 0.3 is 6.03 Å². The Labute approximate surface area is 148 Å². The molecule has 25 heavy (non-hydrogen) atoms. The van der Waals surface area contributed by atoms with Gasteiger partial charge in [-0.2, -0.15) is 0 Å². The van der Waals surface area contributed by atoms with Crippen LogP contribution in [0.25, 0.3) is 0 Å². The van der Waals surface area contributed by atoms with E-state index in [1.165, 1.54) is 0 Å². The Morgan fingerprint density at radius 3 is 2.88 bits per heavy atom. The molecule has 1 aromatic rings. The van der Waals surface area contributed by atoms with Gasteiger partial charge in [-0.3, -0.25) is 0 Å². The van der Waals surface area contributed by atoms with Gasteiger partial charge in [0.05, 0.1) is 18.8 Å². The zero-order valence-electron chi connectivity index (χ0n) is 15.0. The number of methoxy groups -OCH3 is 1. The van der Waals surface area contributed by atoms with Crippen LogP contribution in [0.3, 0.4) is 0 Å². The molecule has 2 atom stereocenters. The zero-order valence-corrected chi connectivity index (χ0v) is 15.0. The molecule has 1 N–H and O–H groups in total. The summed E-state index contributed by atoms with van der Waals surface area (Å²) >= 11 is 0. The molecule has 2 aliphatic rings. The third kappa shape index (κ3) is 4.58. The number of hydrogen-bond donors (Lipinski definition) is 1. The molecule has 8 heteroatoms. The quantitative estimate of drug-likeness (QED) is 0.847. The average molecular weight is 349 g/mol. The number of amides is 2. The van der Waals surface area contributed by atoms with Crippen molar-refractivity contribution in [3.05, 3.63) is 18.1 Å². The van der Waals surface area contributed by atoms with Crippen LogP contribution < -0.4 is 10.2 Å². The van der Waals surface area contributed by atoms with E-state index in [1.807, 2.05) is 17.9 Å². The summed E-state index contributed by atoms with van der Waals surface area (Å²) in [6, 6.07) is 1.77. The lowest BCUT2D eigenvalue weighted by atomic mass is 10.1.